The van der Waals surface area contributed by atoms with Gasteiger partial charge in [-0.25, -0.2) is 0 Å². The van der Waals surface area contributed by atoms with Gasteiger partial charge >= 0.3 is 0 Å². The molecular weight excluding hydrogens is 212 g/mol. The van der Waals surface area contributed by atoms with Crippen LogP contribution in [0, 0.1) is 5.92 Å². The summed E-state index contributed by atoms with van der Waals surface area (Å²) in [7, 11) is 0. The summed E-state index contributed by atoms with van der Waals surface area (Å²) >= 11 is 0. The SMILES string of the molecule is CC(C)CCCOCC(=O)Cc1ccccc1. The average Bonchev–Trinajstić information content (AvgIpc) is 2.29. The Labute approximate surface area is 104 Å². The van der Waals surface area contributed by atoms with Gasteiger partial charge in [-0.1, -0.05) is 44.2 Å². The molecule has 0 aliphatic carbocycles. The van der Waals surface area contributed by atoms with Gasteiger partial charge in [-0.3, -0.25) is 4.79 Å². The molecule has 94 valence electrons. The smallest absolute Gasteiger partial charge is 0.162 e. The summed E-state index contributed by atoms with van der Waals surface area (Å²) in [5.74, 6) is 0.861. The quantitative estimate of drug-likeness (QED) is 0.645. The molecule has 1 aromatic carbocycles. The van der Waals surface area contributed by atoms with Crippen molar-refractivity contribution < 1.29 is 9.53 Å². The Hall–Kier alpha value is -1.15. The van der Waals surface area contributed by atoms with Crippen LogP contribution in [0.5, 0.6) is 0 Å². The lowest BCUT2D eigenvalue weighted by Crippen LogP contribution is -2.12. The van der Waals surface area contributed by atoms with E-state index in [0.29, 0.717) is 18.9 Å². The molecule has 0 saturated heterocycles. The van der Waals surface area contributed by atoms with Crippen LogP contribution in [0.3, 0.4) is 0 Å². The average molecular weight is 234 g/mol. The third-order valence-electron chi connectivity index (χ3n) is 2.58. The van der Waals surface area contributed by atoms with Crippen LogP contribution in [0.1, 0.15) is 32.3 Å². The van der Waals surface area contributed by atoms with Gasteiger partial charge in [0.15, 0.2) is 5.78 Å². The van der Waals surface area contributed by atoms with Crippen molar-refractivity contribution in [2.75, 3.05) is 13.2 Å². The molecule has 2 nitrogen and oxygen atoms in total. The number of hydrogen-bond donors (Lipinski definition) is 0. The molecule has 1 aromatic rings. The Bertz CT molecular complexity index is 317. The molecule has 0 radical (unpaired) electrons. The van der Waals surface area contributed by atoms with Crippen LogP contribution >= 0.6 is 0 Å². The Balaban J connectivity index is 2.10. The fourth-order valence-electron chi connectivity index (χ4n) is 1.65. The van der Waals surface area contributed by atoms with Gasteiger partial charge in [0.25, 0.3) is 0 Å². The van der Waals surface area contributed by atoms with E-state index >= 15 is 0 Å². The zero-order valence-corrected chi connectivity index (χ0v) is 10.8. The molecule has 0 fully saturated rings. The lowest BCUT2D eigenvalue weighted by Gasteiger charge is -2.05. The first-order valence-corrected chi connectivity index (χ1v) is 6.32. The van der Waals surface area contributed by atoms with E-state index in [1.165, 1.54) is 0 Å². The number of ketones is 1. The first kappa shape index (κ1) is 13.9. The minimum Gasteiger partial charge on any atom is -0.374 e. The zero-order valence-electron chi connectivity index (χ0n) is 10.8. The highest BCUT2D eigenvalue weighted by atomic mass is 16.5. The molecule has 0 unspecified atom stereocenters. The molecule has 0 N–H and O–H groups in total. The molecule has 2 heteroatoms. The second-order valence-electron chi connectivity index (χ2n) is 4.79. The number of hydrogen-bond acceptors (Lipinski definition) is 2. The van der Waals surface area contributed by atoms with E-state index in [1.54, 1.807) is 0 Å². The van der Waals surface area contributed by atoms with Gasteiger partial charge in [-0.2, -0.15) is 0 Å². The van der Waals surface area contributed by atoms with E-state index < -0.39 is 0 Å². The standard InChI is InChI=1S/C15H22O2/c1-13(2)7-6-10-17-12-15(16)11-14-8-4-3-5-9-14/h3-5,8-9,13H,6-7,10-12H2,1-2H3. The lowest BCUT2D eigenvalue weighted by atomic mass is 10.1. The van der Waals surface area contributed by atoms with E-state index in [4.69, 9.17) is 4.74 Å². The van der Waals surface area contributed by atoms with Gasteiger partial charge in [-0.05, 0) is 24.3 Å². The maximum Gasteiger partial charge on any atom is 0.162 e. The first-order valence-electron chi connectivity index (χ1n) is 6.32. The Morgan fingerprint density at radius 3 is 2.59 bits per heavy atom. The molecule has 1 rings (SSSR count). The number of carbonyl (C=O) groups is 1. The van der Waals surface area contributed by atoms with Gasteiger partial charge in [0.05, 0.1) is 0 Å². The van der Waals surface area contributed by atoms with Crippen LogP contribution in [-0.4, -0.2) is 19.0 Å². The van der Waals surface area contributed by atoms with Crippen molar-refractivity contribution in [3.05, 3.63) is 35.9 Å². The first-order chi connectivity index (χ1) is 8.18. The summed E-state index contributed by atoms with van der Waals surface area (Å²) in [6.45, 7) is 5.33. The molecule has 0 atom stereocenters. The van der Waals surface area contributed by atoms with Crippen LogP contribution in [-0.2, 0) is 16.0 Å². The molecule has 0 spiro atoms. The Morgan fingerprint density at radius 2 is 1.94 bits per heavy atom. The summed E-state index contributed by atoms with van der Waals surface area (Å²) in [5.41, 5.74) is 1.06. The number of ether oxygens (including phenoxy) is 1. The molecule has 0 saturated carbocycles. The predicted molar refractivity (Wildman–Crippen MR) is 70.0 cm³/mol. The van der Waals surface area contributed by atoms with Crippen molar-refractivity contribution in [2.24, 2.45) is 5.92 Å². The van der Waals surface area contributed by atoms with Gasteiger partial charge in [0.2, 0.25) is 0 Å². The van der Waals surface area contributed by atoms with E-state index in [-0.39, 0.29) is 12.4 Å². The minimum absolute atomic E-state index is 0.153. The highest BCUT2D eigenvalue weighted by Crippen LogP contribution is 2.04. The van der Waals surface area contributed by atoms with Crippen LogP contribution in [0.25, 0.3) is 0 Å². The second-order valence-corrected chi connectivity index (χ2v) is 4.79. The van der Waals surface area contributed by atoms with Crippen LogP contribution in [0.15, 0.2) is 30.3 Å². The third-order valence-corrected chi connectivity index (χ3v) is 2.58. The maximum atomic E-state index is 11.6. The third kappa shape index (κ3) is 6.90. The molecule has 0 heterocycles. The number of carbonyl (C=O) groups excluding carboxylic acids is 1. The summed E-state index contributed by atoms with van der Waals surface area (Å²) in [5, 5.41) is 0. The summed E-state index contributed by atoms with van der Waals surface area (Å²) in [6, 6.07) is 9.79. The normalized spacial score (nSPS) is 10.8. The predicted octanol–water partition coefficient (Wildman–Crippen LogP) is 3.25. The van der Waals surface area contributed by atoms with E-state index in [1.807, 2.05) is 30.3 Å². The Morgan fingerprint density at radius 1 is 1.24 bits per heavy atom. The van der Waals surface area contributed by atoms with E-state index in [9.17, 15) is 4.79 Å². The van der Waals surface area contributed by atoms with Crippen molar-refractivity contribution in [3.63, 3.8) is 0 Å². The van der Waals surface area contributed by atoms with Crippen LogP contribution in [0.4, 0.5) is 0 Å². The lowest BCUT2D eigenvalue weighted by molar-refractivity contribution is -0.123. The maximum absolute atomic E-state index is 11.6. The monoisotopic (exact) mass is 234 g/mol. The Kier molecular flexibility index (Phi) is 6.56. The van der Waals surface area contributed by atoms with Crippen LogP contribution in [0.2, 0.25) is 0 Å². The fourth-order valence-corrected chi connectivity index (χ4v) is 1.65. The molecule has 17 heavy (non-hydrogen) atoms. The van der Waals surface area contributed by atoms with Gasteiger partial charge < -0.3 is 4.74 Å². The van der Waals surface area contributed by atoms with Crippen molar-refractivity contribution in [3.8, 4) is 0 Å². The van der Waals surface area contributed by atoms with E-state index in [0.717, 1.165) is 18.4 Å². The highest BCUT2D eigenvalue weighted by molar-refractivity contribution is 5.81. The van der Waals surface area contributed by atoms with Gasteiger partial charge in [0, 0.05) is 13.0 Å². The summed E-state index contributed by atoms with van der Waals surface area (Å²) in [6.07, 6.45) is 2.67. The van der Waals surface area contributed by atoms with E-state index in [2.05, 4.69) is 13.8 Å². The van der Waals surface area contributed by atoms with Crippen molar-refractivity contribution >= 4 is 5.78 Å². The largest absolute Gasteiger partial charge is 0.374 e. The summed E-state index contributed by atoms with van der Waals surface area (Å²) in [4.78, 5) is 11.6. The number of Topliss-reactive ketones (excluding diaryl/α,β-unsaturated/α-hetero) is 1. The molecule has 0 aliphatic heterocycles. The molecule has 0 aromatic heterocycles. The van der Waals surface area contributed by atoms with Gasteiger partial charge in [-0.15, -0.1) is 0 Å². The van der Waals surface area contributed by atoms with Crippen LogP contribution < -0.4 is 0 Å². The topological polar surface area (TPSA) is 26.3 Å². The summed E-state index contributed by atoms with van der Waals surface area (Å²) < 4.78 is 5.37. The highest BCUT2D eigenvalue weighted by Gasteiger charge is 2.03. The number of rotatable bonds is 8. The minimum atomic E-state index is 0.153. The molecular formula is C15H22O2. The van der Waals surface area contributed by atoms with Gasteiger partial charge in [0.1, 0.15) is 6.61 Å². The van der Waals surface area contributed by atoms with Crippen molar-refractivity contribution in [1.82, 2.24) is 0 Å². The molecule has 0 aliphatic rings. The number of benzene rings is 1. The zero-order chi connectivity index (χ0) is 12.5. The van der Waals surface area contributed by atoms with Crippen molar-refractivity contribution in [2.45, 2.75) is 33.1 Å². The fraction of sp³-hybridized carbons (Fsp3) is 0.533. The van der Waals surface area contributed by atoms with Crippen molar-refractivity contribution in [1.29, 1.82) is 0 Å². The second kappa shape index (κ2) is 8.02. The molecule has 0 bridgehead atoms. The molecule has 0 amide bonds.